The van der Waals surface area contributed by atoms with Crippen LogP contribution in [-0.2, 0) is 9.59 Å². The lowest BCUT2D eigenvalue weighted by atomic mass is 9.96. The number of methoxy groups -OCH3 is 1. The zero-order valence-corrected chi connectivity index (χ0v) is 17.5. The Morgan fingerprint density at radius 1 is 1.20 bits per heavy atom. The lowest BCUT2D eigenvalue weighted by Gasteiger charge is -2.30. The molecule has 1 aromatic heterocycles. The molecule has 1 aromatic carbocycles. The van der Waals surface area contributed by atoms with Crippen molar-refractivity contribution in [2.75, 3.05) is 20.2 Å². The van der Waals surface area contributed by atoms with Crippen molar-refractivity contribution >= 4 is 17.9 Å². The summed E-state index contributed by atoms with van der Waals surface area (Å²) in [6.07, 6.45) is 2.71. The van der Waals surface area contributed by atoms with Gasteiger partial charge in [0.15, 0.2) is 0 Å². The molecular formula is C23H26N4O3. The average molecular weight is 406 g/mol. The zero-order valence-electron chi connectivity index (χ0n) is 17.5. The molecule has 7 heteroatoms. The number of benzene rings is 1. The van der Waals surface area contributed by atoms with Gasteiger partial charge in [-0.1, -0.05) is 0 Å². The van der Waals surface area contributed by atoms with Gasteiger partial charge in [-0.15, -0.1) is 0 Å². The van der Waals surface area contributed by atoms with Crippen LogP contribution in [0, 0.1) is 31.1 Å². The van der Waals surface area contributed by atoms with Gasteiger partial charge in [-0.05, 0) is 68.7 Å². The molecule has 1 aliphatic heterocycles. The van der Waals surface area contributed by atoms with Crippen LogP contribution in [0.15, 0.2) is 35.9 Å². The van der Waals surface area contributed by atoms with Gasteiger partial charge < -0.3 is 19.9 Å². The molecule has 156 valence electrons. The number of nitrogens with two attached hydrogens (primary N) is 1. The molecule has 0 aliphatic carbocycles. The Morgan fingerprint density at radius 3 is 2.37 bits per heavy atom. The Hall–Kier alpha value is -3.53. The number of hydrogen-bond donors (Lipinski definition) is 1. The van der Waals surface area contributed by atoms with Crippen LogP contribution in [0.2, 0.25) is 0 Å². The molecule has 30 heavy (non-hydrogen) atoms. The SMILES string of the molecule is COc1ccc(-n2c(C)cc(/C=C(\C#N)C(=O)N3CCC(C(N)=O)CC3)c2C)cc1. The molecule has 2 amide bonds. The number of aromatic nitrogens is 1. The summed E-state index contributed by atoms with van der Waals surface area (Å²) in [6.45, 7) is 4.80. The van der Waals surface area contributed by atoms with E-state index in [-0.39, 0.29) is 23.3 Å². The number of ether oxygens (including phenoxy) is 1. The topological polar surface area (TPSA) is 101 Å². The third kappa shape index (κ3) is 4.23. The van der Waals surface area contributed by atoms with Gasteiger partial charge in [-0.3, -0.25) is 9.59 Å². The van der Waals surface area contributed by atoms with Crippen molar-refractivity contribution < 1.29 is 14.3 Å². The Labute approximate surface area is 176 Å². The zero-order chi connectivity index (χ0) is 21.8. The maximum Gasteiger partial charge on any atom is 0.264 e. The van der Waals surface area contributed by atoms with E-state index >= 15 is 0 Å². The molecule has 1 fully saturated rings. The number of hydrogen-bond acceptors (Lipinski definition) is 4. The largest absolute Gasteiger partial charge is 0.497 e. The van der Waals surface area contributed by atoms with Crippen LogP contribution in [0.5, 0.6) is 5.75 Å². The highest BCUT2D eigenvalue weighted by atomic mass is 16.5. The highest BCUT2D eigenvalue weighted by Gasteiger charge is 2.27. The molecule has 1 aliphatic rings. The minimum absolute atomic E-state index is 0.0857. The summed E-state index contributed by atoms with van der Waals surface area (Å²) in [6, 6.07) is 11.7. The van der Waals surface area contributed by atoms with Crippen molar-refractivity contribution in [2.45, 2.75) is 26.7 Å². The summed E-state index contributed by atoms with van der Waals surface area (Å²) < 4.78 is 7.29. The fourth-order valence-electron chi connectivity index (χ4n) is 3.90. The van der Waals surface area contributed by atoms with Crippen LogP contribution in [0.3, 0.4) is 0 Å². The molecule has 1 saturated heterocycles. The summed E-state index contributed by atoms with van der Waals surface area (Å²) in [5.41, 5.74) is 9.17. The molecule has 0 atom stereocenters. The number of nitrogens with zero attached hydrogens (tertiary/aromatic N) is 3. The number of carbonyl (C=O) groups is 2. The van der Waals surface area contributed by atoms with Gasteiger partial charge in [0.1, 0.15) is 17.4 Å². The van der Waals surface area contributed by atoms with E-state index in [1.807, 2.05) is 50.2 Å². The number of amides is 2. The maximum atomic E-state index is 12.9. The van der Waals surface area contributed by atoms with Crippen molar-refractivity contribution in [2.24, 2.45) is 11.7 Å². The first-order chi connectivity index (χ1) is 14.3. The van der Waals surface area contributed by atoms with Crippen molar-refractivity contribution in [3.63, 3.8) is 0 Å². The molecule has 0 unspecified atom stereocenters. The number of likely N-dealkylation sites (tertiary alicyclic amines) is 1. The normalized spacial score (nSPS) is 15.0. The van der Waals surface area contributed by atoms with Gasteiger partial charge in [0.25, 0.3) is 5.91 Å². The number of carbonyl (C=O) groups excluding carboxylic acids is 2. The number of nitriles is 1. The number of piperidine rings is 1. The Balaban J connectivity index is 1.85. The first kappa shape index (κ1) is 21.2. The molecule has 2 heterocycles. The highest BCUT2D eigenvalue weighted by Crippen LogP contribution is 2.25. The predicted octanol–water partition coefficient (Wildman–Crippen LogP) is 2.73. The summed E-state index contributed by atoms with van der Waals surface area (Å²) in [5, 5.41) is 9.61. The first-order valence-electron chi connectivity index (χ1n) is 9.89. The Bertz CT molecular complexity index is 1020. The van der Waals surface area contributed by atoms with Crippen LogP contribution in [0.4, 0.5) is 0 Å². The molecule has 0 saturated carbocycles. The Kier molecular flexibility index (Phi) is 6.26. The minimum Gasteiger partial charge on any atom is -0.497 e. The molecule has 3 rings (SSSR count). The maximum absolute atomic E-state index is 12.9. The van der Waals surface area contributed by atoms with E-state index in [9.17, 15) is 14.9 Å². The standard InChI is InChI=1S/C23H26N4O3/c1-15-12-18(16(2)27(15)20-4-6-21(30-3)7-5-20)13-19(14-24)23(29)26-10-8-17(9-11-26)22(25)28/h4-7,12-13,17H,8-11H2,1-3H3,(H2,25,28)/b19-13+. The van der Waals surface area contributed by atoms with Crippen LogP contribution in [-0.4, -0.2) is 41.5 Å². The van der Waals surface area contributed by atoms with Crippen molar-refractivity contribution in [1.82, 2.24) is 9.47 Å². The fraction of sp³-hybridized carbons (Fsp3) is 0.348. The summed E-state index contributed by atoms with van der Waals surface area (Å²) in [4.78, 5) is 25.8. The summed E-state index contributed by atoms with van der Waals surface area (Å²) in [5.74, 6) is -0.0652. The molecule has 0 bridgehead atoms. The van der Waals surface area contributed by atoms with Gasteiger partial charge in [0.2, 0.25) is 5.91 Å². The van der Waals surface area contributed by atoms with Crippen molar-refractivity contribution in [3.05, 3.63) is 52.9 Å². The highest BCUT2D eigenvalue weighted by molar-refractivity contribution is 6.02. The first-order valence-corrected chi connectivity index (χ1v) is 9.89. The number of aryl methyl sites for hydroxylation is 1. The van der Waals surface area contributed by atoms with E-state index in [0.29, 0.717) is 25.9 Å². The van der Waals surface area contributed by atoms with Crippen LogP contribution < -0.4 is 10.5 Å². The molecule has 7 nitrogen and oxygen atoms in total. The van der Waals surface area contributed by atoms with E-state index in [0.717, 1.165) is 28.4 Å². The van der Waals surface area contributed by atoms with Crippen LogP contribution in [0.1, 0.15) is 29.8 Å². The average Bonchev–Trinajstić information content (AvgIpc) is 3.04. The van der Waals surface area contributed by atoms with Gasteiger partial charge in [-0.25, -0.2) is 0 Å². The lowest BCUT2D eigenvalue weighted by molar-refractivity contribution is -0.131. The van der Waals surface area contributed by atoms with E-state index in [1.165, 1.54) is 0 Å². The van der Waals surface area contributed by atoms with Crippen LogP contribution in [0.25, 0.3) is 11.8 Å². The molecule has 0 spiro atoms. The second-order valence-corrected chi connectivity index (χ2v) is 7.50. The van der Waals surface area contributed by atoms with Crippen molar-refractivity contribution in [1.29, 1.82) is 5.26 Å². The predicted molar refractivity (Wildman–Crippen MR) is 114 cm³/mol. The molecule has 0 radical (unpaired) electrons. The lowest BCUT2D eigenvalue weighted by Crippen LogP contribution is -2.42. The van der Waals surface area contributed by atoms with E-state index in [2.05, 4.69) is 4.57 Å². The van der Waals surface area contributed by atoms with Gasteiger partial charge in [0.05, 0.1) is 7.11 Å². The van der Waals surface area contributed by atoms with Gasteiger partial charge in [-0.2, -0.15) is 5.26 Å². The fourth-order valence-corrected chi connectivity index (χ4v) is 3.90. The summed E-state index contributed by atoms with van der Waals surface area (Å²) >= 11 is 0. The molecule has 2 N–H and O–H groups in total. The number of primary amides is 1. The van der Waals surface area contributed by atoms with E-state index in [4.69, 9.17) is 10.5 Å². The smallest absolute Gasteiger partial charge is 0.264 e. The van der Waals surface area contributed by atoms with Gasteiger partial charge in [0, 0.05) is 36.1 Å². The third-order valence-corrected chi connectivity index (χ3v) is 5.64. The second kappa shape index (κ2) is 8.87. The minimum atomic E-state index is -0.330. The van der Waals surface area contributed by atoms with Crippen molar-refractivity contribution in [3.8, 4) is 17.5 Å². The van der Waals surface area contributed by atoms with E-state index < -0.39 is 0 Å². The molecular weight excluding hydrogens is 380 g/mol. The second-order valence-electron chi connectivity index (χ2n) is 7.50. The third-order valence-electron chi connectivity index (χ3n) is 5.64. The van der Waals surface area contributed by atoms with E-state index in [1.54, 1.807) is 18.1 Å². The quantitative estimate of drug-likeness (QED) is 0.609. The number of rotatable bonds is 5. The molecule has 2 aromatic rings. The van der Waals surface area contributed by atoms with Gasteiger partial charge >= 0.3 is 0 Å². The Morgan fingerprint density at radius 2 is 1.83 bits per heavy atom. The van der Waals surface area contributed by atoms with Crippen LogP contribution >= 0.6 is 0 Å². The summed E-state index contributed by atoms with van der Waals surface area (Å²) in [7, 11) is 1.63. The monoisotopic (exact) mass is 406 g/mol.